The molecule has 0 amide bonds. The van der Waals surface area contributed by atoms with E-state index >= 15 is 0 Å². The standard InChI is InChI=1S/C17H22N2O3S/c1-11(10-16(20)17-8-5-9-23-17)18-13(3)14-6-4-7-15(12(14)2)19(21)22/h4-9,11,13,16,18,20H,10H2,1-3H3. The topological polar surface area (TPSA) is 75.4 Å². The molecule has 0 fully saturated rings. The third-order valence-corrected chi connectivity index (χ3v) is 4.97. The van der Waals surface area contributed by atoms with Crippen LogP contribution in [0.5, 0.6) is 0 Å². The first kappa shape index (κ1) is 17.6. The highest BCUT2D eigenvalue weighted by Gasteiger charge is 2.20. The van der Waals surface area contributed by atoms with E-state index in [1.807, 2.05) is 37.4 Å². The Morgan fingerprint density at radius 2 is 2.04 bits per heavy atom. The normalized spacial score (nSPS) is 15.1. The van der Waals surface area contributed by atoms with Gasteiger partial charge in [0.25, 0.3) is 5.69 Å². The SMILES string of the molecule is Cc1c(C(C)NC(C)CC(O)c2cccs2)cccc1[N+](=O)[O-]. The molecule has 0 aliphatic rings. The first-order chi connectivity index (χ1) is 10.9. The molecule has 1 aromatic carbocycles. The largest absolute Gasteiger partial charge is 0.388 e. The number of thiophene rings is 1. The Labute approximate surface area is 140 Å². The van der Waals surface area contributed by atoms with Gasteiger partial charge in [-0.1, -0.05) is 18.2 Å². The van der Waals surface area contributed by atoms with E-state index in [2.05, 4.69) is 5.32 Å². The maximum atomic E-state index is 11.0. The van der Waals surface area contributed by atoms with Gasteiger partial charge in [-0.15, -0.1) is 11.3 Å². The fourth-order valence-corrected chi connectivity index (χ4v) is 3.55. The molecule has 23 heavy (non-hydrogen) atoms. The lowest BCUT2D eigenvalue weighted by Gasteiger charge is -2.23. The van der Waals surface area contributed by atoms with E-state index in [-0.39, 0.29) is 22.7 Å². The van der Waals surface area contributed by atoms with E-state index < -0.39 is 6.10 Å². The van der Waals surface area contributed by atoms with Crippen molar-refractivity contribution in [3.05, 3.63) is 61.8 Å². The Kier molecular flexibility index (Phi) is 5.87. The number of aliphatic hydroxyl groups is 1. The Hall–Kier alpha value is -1.76. The van der Waals surface area contributed by atoms with Crippen LogP contribution in [0.25, 0.3) is 0 Å². The smallest absolute Gasteiger partial charge is 0.272 e. The van der Waals surface area contributed by atoms with Crippen LogP contribution in [0, 0.1) is 17.0 Å². The Bertz CT molecular complexity index is 658. The van der Waals surface area contributed by atoms with Crippen molar-refractivity contribution in [2.24, 2.45) is 0 Å². The van der Waals surface area contributed by atoms with Gasteiger partial charge in [-0.3, -0.25) is 10.1 Å². The molecule has 0 bridgehead atoms. The van der Waals surface area contributed by atoms with Crippen LogP contribution >= 0.6 is 11.3 Å². The van der Waals surface area contributed by atoms with Gasteiger partial charge in [0, 0.05) is 28.6 Å². The van der Waals surface area contributed by atoms with Gasteiger partial charge in [0.1, 0.15) is 0 Å². The van der Waals surface area contributed by atoms with Gasteiger partial charge in [-0.25, -0.2) is 0 Å². The fraction of sp³-hybridized carbons (Fsp3) is 0.412. The predicted octanol–water partition coefficient (Wildman–Crippen LogP) is 4.13. The summed E-state index contributed by atoms with van der Waals surface area (Å²) in [5.41, 5.74) is 1.74. The maximum Gasteiger partial charge on any atom is 0.272 e. The van der Waals surface area contributed by atoms with E-state index in [4.69, 9.17) is 0 Å². The van der Waals surface area contributed by atoms with Crippen LogP contribution in [-0.4, -0.2) is 16.1 Å². The highest BCUT2D eigenvalue weighted by Crippen LogP contribution is 2.27. The van der Waals surface area contributed by atoms with Crippen molar-refractivity contribution in [1.82, 2.24) is 5.32 Å². The molecule has 2 rings (SSSR count). The highest BCUT2D eigenvalue weighted by atomic mass is 32.1. The number of hydrogen-bond acceptors (Lipinski definition) is 5. The van der Waals surface area contributed by atoms with E-state index in [1.54, 1.807) is 24.3 Å². The lowest BCUT2D eigenvalue weighted by atomic mass is 9.99. The minimum Gasteiger partial charge on any atom is -0.388 e. The maximum absolute atomic E-state index is 11.0. The molecule has 5 nitrogen and oxygen atoms in total. The Balaban J connectivity index is 2.02. The van der Waals surface area contributed by atoms with Crippen LogP contribution in [0.3, 0.4) is 0 Å². The molecular weight excluding hydrogens is 312 g/mol. The Morgan fingerprint density at radius 3 is 2.65 bits per heavy atom. The molecule has 1 heterocycles. The van der Waals surface area contributed by atoms with Crippen LogP contribution in [0.1, 0.15) is 48.4 Å². The summed E-state index contributed by atoms with van der Waals surface area (Å²) in [4.78, 5) is 11.7. The van der Waals surface area contributed by atoms with Gasteiger partial charge >= 0.3 is 0 Å². The monoisotopic (exact) mass is 334 g/mol. The van der Waals surface area contributed by atoms with E-state index in [1.165, 1.54) is 6.07 Å². The van der Waals surface area contributed by atoms with E-state index in [0.717, 1.165) is 10.4 Å². The second-order valence-electron chi connectivity index (χ2n) is 5.80. The average molecular weight is 334 g/mol. The minimum atomic E-state index is -0.490. The molecule has 2 aromatic rings. The van der Waals surface area contributed by atoms with Crippen molar-refractivity contribution in [1.29, 1.82) is 0 Å². The highest BCUT2D eigenvalue weighted by molar-refractivity contribution is 7.10. The summed E-state index contributed by atoms with van der Waals surface area (Å²) in [7, 11) is 0. The van der Waals surface area contributed by atoms with Gasteiger partial charge in [0.2, 0.25) is 0 Å². The first-order valence-corrected chi connectivity index (χ1v) is 8.49. The summed E-state index contributed by atoms with van der Waals surface area (Å²) in [6, 6.07) is 9.05. The van der Waals surface area contributed by atoms with Crippen molar-refractivity contribution in [3.8, 4) is 0 Å². The number of nitro benzene ring substituents is 1. The summed E-state index contributed by atoms with van der Waals surface area (Å²) < 4.78 is 0. The number of nitrogens with zero attached hydrogens (tertiary/aromatic N) is 1. The van der Waals surface area contributed by atoms with E-state index in [9.17, 15) is 15.2 Å². The van der Waals surface area contributed by atoms with Crippen molar-refractivity contribution < 1.29 is 10.0 Å². The van der Waals surface area contributed by atoms with Crippen molar-refractivity contribution in [2.75, 3.05) is 0 Å². The number of benzene rings is 1. The van der Waals surface area contributed by atoms with Crippen LogP contribution in [0.4, 0.5) is 5.69 Å². The molecular formula is C17H22N2O3S. The molecule has 0 aliphatic heterocycles. The van der Waals surface area contributed by atoms with Crippen LogP contribution in [-0.2, 0) is 0 Å². The molecule has 0 spiro atoms. The second-order valence-corrected chi connectivity index (χ2v) is 6.78. The van der Waals surface area contributed by atoms with Gasteiger partial charge in [0.05, 0.1) is 11.0 Å². The van der Waals surface area contributed by atoms with Crippen molar-refractivity contribution in [2.45, 2.75) is 45.4 Å². The van der Waals surface area contributed by atoms with E-state index in [0.29, 0.717) is 12.0 Å². The van der Waals surface area contributed by atoms with Gasteiger partial charge in [0.15, 0.2) is 0 Å². The molecule has 0 aliphatic carbocycles. The number of nitrogens with one attached hydrogen (secondary N) is 1. The van der Waals surface area contributed by atoms with Gasteiger partial charge in [-0.2, -0.15) is 0 Å². The lowest BCUT2D eigenvalue weighted by Crippen LogP contribution is -2.30. The van der Waals surface area contributed by atoms with Gasteiger partial charge < -0.3 is 10.4 Å². The number of rotatable bonds is 7. The number of nitro groups is 1. The molecule has 1 aromatic heterocycles. The minimum absolute atomic E-state index is 0.0274. The number of aliphatic hydroxyl groups excluding tert-OH is 1. The number of hydrogen-bond donors (Lipinski definition) is 2. The fourth-order valence-electron chi connectivity index (χ4n) is 2.82. The van der Waals surface area contributed by atoms with Gasteiger partial charge in [-0.05, 0) is 44.2 Å². The summed E-state index contributed by atoms with van der Waals surface area (Å²) in [6.45, 7) is 5.77. The zero-order chi connectivity index (χ0) is 17.0. The summed E-state index contributed by atoms with van der Waals surface area (Å²) in [6.07, 6.45) is 0.106. The molecule has 0 saturated heterocycles. The third-order valence-electron chi connectivity index (χ3n) is 3.99. The zero-order valence-corrected chi connectivity index (χ0v) is 14.3. The molecule has 124 valence electrons. The second kappa shape index (κ2) is 7.68. The zero-order valence-electron chi connectivity index (χ0n) is 13.5. The molecule has 6 heteroatoms. The quantitative estimate of drug-likeness (QED) is 0.590. The molecule has 0 radical (unpaired) electrons. The molecule has 2 N–H and O–H groups in total. The summed E-state index contributed by atoms with van der Waals surface area (Å²) >= 11 is 1.54. The molecule has 0 saturated carbocycles. The van der Waals surface area contributed by atoms with Crippen LogP contribution < -0.4 is 5.32 Å². The predicted molar refractivity (Wildman–Crippen MR) is 92.7 cm³/mol. The van der Waals surface area contributed by atoms with Crippen LogP contribution in [0.15, 0.2) is 35.7 Å². The lowest BCUT2D eigenvalue weighted by molar-refractivity contribution is -0.385. The third kappa shape index (κ3) is 4.37. The average Bonchev–Trinajstić information content (AvgIpc) is 3.01. The first-order valence-electron chi connectivity index (χ1n) is 7.61. The summed E-state index contributed by atoms with van der Waals surface area (Å²) in [5, 5.41) is 26.6. The van der Waals surface area contributed by atoms with Crippen molar-refractivity contribution in [3.63, 3.8) is 0 Å². The molecule has 3 unspecified atom stereocenters. The van der Waals surface area contributed by atoms with Crippen molar-refractivity contribution >= 4 is 17.0 Å². The molecule has 3 atom stereocenters. The van der Waals surface area contributed by atoms with Crippen LogP contribution in [0.2, 0.25) is 0 Å². The Morgan fingerprint density at radius 1 is 1.30 bits per heavy atom. The summed E-state index contributed by atoms with van der Waals surface area (Å²) in [5.74, 6) is 0.